The Labute approximate surface area is 433 Å². The van der Waals surface area contributed by atoms with Crippen LogP contribution in [0.4, 0.5) is 0 Å². The molecule has 8 nitrogen and oxygen atoms in total. The lowest BCUT2D eigenvalue weighted by molar-refractivity contribution is -0.926. The van der Waals surface area contributed by atoms with Gasteiger partial charge in [-0.3, -0.25) is 0 Å². The third kappa shape index (κ3) is 37.2. The molecular formula is C54H110I2N2O6. The zero-order chi connectivity index (χ0) is 46.6. The summed E-state index contributed by atoms with van der Waals surface area (Å²) in [5.41, 5.74) is -0.593. The normalized spacial score (nSPS) is 14.8. The molecule has 64 heavy (non-hydrogen) atoms. The van der Waals surface area contributed by atoms with Gasteiger partial charge in [-0.1, -0.05) is 155 Å². The monoisotopic (exact) mass is 1140 g/mol. The molecule has 0 amide bonds. The molecule has 0 aromatic carbocycles. The van der Waals surface area contributed by atoms with Crippen molar-refractivity contribution in [2.75, 3.05) is 67.7 Å². The van der Waals surface area contributed by atoms with Crippen molar-refractivity contribution in [1.82, 2.24) is 0 Å². The van der Waals surface area contributed by atoms with E-state index in [1.807, 2.05) is 0 Å². The highest BCUT2D eigenvalue weighted by Crippen LogP contribution is 2.24. The SMILES string of the molecule is CCCCCCCCCCCC[N+](C)(CCCCCCCCCCCC[N+](C)(CCCCCCCCCCCC)[C@@H](COC(C)(C)C)C(=O)OC)[C@@H](COC(C)(C)C)C(=O)OC.[I-].[I-]. The second-order valence-corrected chi connectivity index (χ2v) is 21.7. The molecule has 0 heterocycles. The highest BCUT2D eigenvalue weighted by atomic mass is 127. The highest BCUT2D eigenvalue weighted by Gasteiger charge is 2.41. The largest absolute Gasteiger partial charge is 1.00 e. The van der Waals surface area contributed by atoms with E-state index >= 15 is 0 Å². The molecule has 0 saturated carbocycles. The quantitative estimate of drug-likeness (QED) is 0.0265. The minimum Gasteiger partial charge on any atom is -1.00 e. The maximum atomic E-state index is 13.2. The lowest BCUT2D eigenvalue weighted by Crippen LogP contribution is -3.00. The Morgan fingerprint density at radius 1 is 0.375 bits per heavy atom. The summed E-state index contributed by atoms with van der Waals surface area (Å²) >= 11 is 0. The molecule has 0 fully saturated rings. The van der Waals surface area contributed by atoms with Crippen molar-refractivity contribution in [3.05, 3.63) is 0 Å². The summed E-state index contributed by atoms with van der Waals surface area (Å²) in [5, 5.41) is 0. The molecule has 0 aromatic heterocycles. The number of unbranched alkanes of at least 4 members (excludes halogenated alkanes) is 27. The second kappa shape index (κ2) is 42.1. The van der Waals surface area contributed by atoms with Crippen molar-refractivity contribution in [2.24, 2.45) is 0 Å². The minimum atomic E-state index is -0.297. The fourth-order valence-electron chi connectivity index (χ4n) is 9.06. The van der Waals surface area contributed by atoms with Gasteiger partial charge in [-0.2, -0.15) is 0 Å². The number of quaternary nitrogens is 2. The molecule has 0 aromatic rings. The summed E-state index contributed by atoms with van der Waals surface area (Å²) in [6.07, 6.45) is 38.6. The number of esters is 2. The highest BCUT2D eigenvalue weighted by molar-refractivity contribution is 5.75. The number of ether oxygens (including phenoxy) is 4. The van der Waals surface area contributed by atoms with Gasteiger partial charge in [0.05, 0.1) is 65.7 Å². The van der Waals surface area contributed by atoms with E-state index in [2.05, 4.69) is 69.5 Å². The molecule has 0 radical (unpaired) electrons. The van der Waals surface area contributed by atoms with E-state index in [0.717, 1.165) is 51.9 Å². The summed E-state index contributed by atoms with van der Waals surface area (Å²) in [6, 6.07) is -0.588. The van der Waals surface area contributed by atoms with Crippen LogP contribution in [0.2, 0.25) is 0 Å². The van der Waals surface area contributed by atoms with Crippen molar-refractivity contribution in [2.45, 2.75) is 271 Å². The molecule has 0 bridgehead atoms. The summed E-state index contributed by atoms with van der Waals surface area (Å²) in [4.78, 5) is 26.4. The first-order chi connectivity index (χ1) is 29.5. The zero-order valence-electron chi connectivity index (χ0n) is 44.7. The van der Waals surface area contributed by atoms with Gasteiger partial charge in [0.15, 0.2) is 0 Å². The van der Waals surface area contributed by atoms with Gasteiger partial charge in [-0.25, -0.2) is 9.59 Å². The van der Waals surface area contributed by atoms with E-state index < -0.39 is 0 Å². The molecule has 0 aliphatic rings. The van der Waals surface area contributed by atoms with Crippen LogP contribution in [-0.4, -0.2) is 112 Å². The van der Waals surface area contributed by atoms with Crippen LogP contribution in [0.5, 0.6) is 0 Å². The number of methoxy groups -OCH3 is 2. The number of nitrogens with zero attached hydrogens (tertiary/aromatic N) is 2. The molecule has 386 valence electrons. The predicted octanol–water partition coefficient (Wildman–Crippen LogP) is 8.34. The lowest BCUT2D eigenvalue weighted by Gasteiger charge is -2.41. The Hall–Kier alpha value is 0.240. The number of hydrogen-bond donors (Lipinski definition) is 0. The van der Waals surface area contributed by atoms with Crippen molar-refractivity contribution < 1.29 is 85.5 Å². The maximum Gasteiger partial charge on any atom is 0.367 e. The molecule has 10 heteroatoms. The second-order valence-electron chi connectivity index (χ2n) is 21.7. The number of carbonyl (C=O) groups is 2. The third-order valence-electron chi connectivity index (χ3n) is 13.4. The van der Waals surface area contributed by atoms with E-state index in [-0.39, 0.29) is 83.2 Å². The molecular weight excluding hydrogens is 1030 g/mol. The van der Waals surface area contributed by atoms with E-state index in [0.29, 0.717) is 22.2 Å². The first-order valence-electron chi connectivity index (χ1n) is 26.6. The van der Waals surface area contributed by atoms with Crippen LogP contribution in [0, 0.1) is 0 Å². The molecule has 0 spiro atoms. The minimum absolute atomic E-state index is 0. The first kappa shape index (κ1) is 68.5. The molecule has 0 N–H and O–H groups in total. The van der Waals surface area contributed by atoms with Gasteiger partial charge in [-0.15, -0.1) is 0 Å². The number of hydrogen-bond acceptors (Lipinski definition) is 6. The van der Waals surface area contributed by atoms with Crippen molar-refractivity contribution in [1.29, 1.82) is 0 Å². The summed E-state index contributed by atoms with van der Waals surface area (Å²) in [5.74, 6) is -0.279. The molecule has 0 aliphatic carbocycles. The van der Waals surface area contributed by atoms with Gasteiger partial charge in [-0.05, 0) is 92.9 Å². The van der Waals surface area contributed by atoms with Crippen LogP contribution in [0.3, 0.4) is 0 Å². The Kier molecular flexibility index (Phi) is 45.1. The number of likely N-dealkylation sites (N-methyl/N-ethyl adjacent to an activating group) is 2. The predicted molar refractivity (Wildman–Crippen MR) is 265 cm³/mol. The first-order valence-corrected chi connectivity index (χ1v) is 26.6. The van der Waals surface area contributed by atoms with Crippen LogP contribution in [0.25, 0.3) is 0 Å². The molecule has 0 aliphatic heterocycles. The van der Waals surface area contributed by atoms with Gasteiger partial charge in [0.2, 0.25) is 12.1 Å². The van der Waals surface area contributed by atoms with Crippen LogP contribution < -0.4 is 48.0 Å². The fraction of sp³-hybridized carbons (Fsp3) is 0.963. The Balaban J connectivity index is -0.0000186. The van der Waals surface area contributed by atoms with Crippen LogP contribution in [0.1, 0.15) is 248 Å². The van der Waals surface area contributed by atoms with Crippen molar-refractivity contribution >= 4 is 11.9 Å². The Morgan fingerprint density at radius 2 is 0.562 bits per heavy atom. The van der Waals surface area contributed by atoms with Gasteiger partial charge in [0.25, 0.3) is 0 Å². The average Bonchev–Trinajstić information content (AvgIpc) is 3.21. The van der Waals surface area contributed by atoms with Gasteiger partial charge < -0.3 is 75.9 Å². The van der Waals surface area contributed by atoms with Crippen LogP contribution >= 0.6 is 0 Å². The van der Waals surface area contributed by atoms with E-state index in [1.165, 1.54) is 181 Å². The Bertz CT molecular complexity index is 987. The molecule has 4 atom stereocenters. The van der Waals surface area contributed by atoms with Gasteiger partial charge in [0.1, 0.15) is 13.2 Å². The number of halogens is 2. The van der Waals surface area contributed by atoms with Crippen LogP contribution in [0.15, 0.2) is 0 Å². The summed E-state index contributed by atoms with van der Waals surface area (Å²) in [6.45, 7) is 21.7. The third-order valence-corrected chi connectivity index (χ3v) is 13.4. The van der Waals surface area contributed by atoms with Gasteiger partial charge >= 0.3 is 11.9 Å². The van der Waals surface area contributed by atoms with Gasteiger partial charge in [0, 0.05) is 0 Å². The zero-order valence-corrected chi connectivity index (χ0v) is 49.0. The Morgan fingerprint density at radius 3 is 0.734 bits per heavy atom. The standard InChI is InChI=1S/C54H110N2O6.2HI/c1-13-15-17-19-21-23-27-31-35-39-43-55(9,49(51(57)59-11)47-61-53(3,4)5)45-41-37-33-29-25-26-30-34-38-42-46-56(10,50(52(58)60-12)48-62-54(6,7)8)44-40-36-32-28-24-22-20-18-16-14-2;;/h49-50H,13-48H2,1-12H3;2*1H/q+2;;/p-2/t49-,50-,55?,56?;;/m0../s1. The lowest BCUT2D eigenvalue weighted by atomic mass is 10.0. The average molecular weight is 1140 g/mol. The molecule has 0 rings (SSSR count). The fourth-order valence-corrected chi connectivity index (χ4v) is 9.06. The summed E-state index contributed by atoms with van der Waals surface area (Å²) < 4.78 is 24.6. The molecule has 2 unspecified atom stereocenters. The van der Waals surface area contributed by atoms with E-state index in [1.54, 1.807) is 0 Å². The van der Waals surface area contributed by atoms with E-state index in [4.69, 9.17) is 18.9 Å². The van der Waals surface area contributed by atoms with E-state index in [9.17, 15) is 9.59 Å². The number of rotatable bonds is 43. The van der Waals surface area contributed by atoms with Crippen LogP contribution in [-0.2, 0) is 28.5 Å². The van der Waals surface area contributed by atoms with Crippen molar-refractivity contribution in [3.8, 4) is 0 Å². The van der Waals surface area contributed by atoms with Crippen molar-refractivity contribution in [3.63, 3.8) is 0 Å². The smallest absolute Gasteiger partial charge is 0.367 e. The summed E-state index contributed by atoms with van der Waals surface area (Å²) in [7, 11) is 7.60. The number of carbonyl (C=O) groups excluding carboxylic acids is 2. The topological polar surface area (TPSA) is 71.1 Å². The maximum absolute atomic E-state index is 13.2. The molecule has 0 saturated heterocycles.